The molecule has 2 aromatic rings. The van der Waals surface area contributed by atoms with Gasteiger partial charge in [0.05, 0.1) is 10.6 Å². The fraction of sp³-hybridized carbons (Fsp3) is 0.167. The molecule has 86 valence electrons. The smallest absolute Gasteiger partial charge is 0.140 e. The molecular formula is C12H9ClN2OS. The Hall–Kier alpha value is -1.57. The maximum absolute atomic E-state index is 8.74. The lowest BCUT2D eigenvalue weighted by Crippen LogP contribution is -1.95. The zero-order chi connectivity index (χ0) is 12.3. The van der Waals surface area contributed by atoms with Crippen molar-refractivity contribution in [1.29, 1.82) is 5.26 Å². The van der Waals surface area contributed by atoms with E-state index in [2.05, 4.69) is 4.98 Å². The number of ether oxygens (including phenoxy) is 1. The Labute approximate surface area is 108 Å². The molecule has 0 aliphatic carbocycles. The number of aromatic nitrogens is 1. The minimum absolute atomic E-state index is 0.403. The normalized spacial score (nSPS) is 9.94. The second kappa shape index (κ2) is 5.17. The second-order valence-electron chi connectivity index (χ2n) is 3.42. The van der Waals surface area contributed by atoms with E-state index in [-0.39, 0.29) is 0 Å². The molecule has 1 aromatic carbocycles. The number of rotatable bonds is 3. The van der Waals surface area contributed by atoms with Crippen LogP contribution >= 0.6 is 22.9 Å². The van der Waals surface area contributed by atoms with E-state index in [0.29, 0.717) is 22.9 Å². The van der Waals surface area contributed by atoms with Crippen LogP contribution in [0.5, 0.6) is 5.75 Å². The molecule has 0 aliphatic heterocycles. The number of nitrogens with zero attached hydrogens (tertiary/aromatic N) is 2. The van der Waals surface area contributed by atoms with Crippen molar-refractivity contribution in [2.24, 2.45) is 0 Å². The number of hydrogen-bond donors (Lipinski definition) is 0. The molecule has 17 heavy (non-hydrogen) atoms. The van der Waals surface area contributed by atoms with Crippen LogP contribution in [0.2, 0.25) is 5.02 Å². The predicted octanol–water partition coefficient (Wildman–Crippen LogP) is 3.56. The maximum atomic E-state index is 8.74. The van der Waals surface area contributed by atoms with Gasteiger partial charge in [-0.15, -0.1) is 11.3 Å². The monoisotopic (exact) mass is 264 g/mol. The molecular weight excluding hydrogens is 256 g/mol. The van der Waals surface area contributed by atoms with Crippen LogP contribution in [-0.4, -0.2) is 4.98 Å². The first kappa shape index (κ1) is 11.9. The van der Waals surface area contributed by atoms with Crippen molar-refractivity contribution in [3.05, 3.63) is 44.9 Å². The first-order valence-corrected chi connectivity index (χ1v) is 6.18. The van der Waals surface area contributed by atoms with Crippen molar-refractivity contribution in [1.82, 2.24) is 4.98 Å². The van der Waals surface area contributed by atoms with Crippen LogP contribution in [0.4, 0.5) is 0 Å². The summed E-state index contributed by atoms with van der Waals surface area (Å²) in [7, 11) is 0. The quantitative estimate of drug-likeness (QED) is 0.852. The van der Waals surface area contributed by atoms with Gasteiger partial charge in [0.15, 0.2) is 0 Å². The molecule has 5 heteroatoms. The molecule has 2 rings (SSSR count). The number of hydrogen-bond acceptors (Lipinski definition) is 4. The van der Waals surface area contributed by atoms with E-state index < -0.39 is 0 Å². The largest absolute Gasteiger partial charge is 0.486 e. The van der Waals surface area contributed by atoms with Gasteiger partial charge in [0.25, 0.3) is 0 Å². The molecule has 0 fully saturated rings. The van der Waals surface area contributed by atoms with E-state index in [1.807, 2.05) is 18.4 Å². The van der Waals surface area contributed by atoms with Crippen LogP contribution in [-0.2, 0) is 6.61 Å². The number of aryl methyl sites for hydroxylation is 1. The topological polar surface area (TPSA) is 45.9 Å². The summed E-state index contributed by atoms with van der Waals surface area (Å²) in [6.07, 6.45) is 0. The van der Waals surface area contributed by atoms with Crippen LogP contribution in [0.25, 0.3) is 0 Å². The minimum Gasteiger partial charge on any atom is -0.486 e. The predicted molar refractivity (Wildman–Crippen MR) is 67.4 cm³/mol. The zero-order valence-electron chi connectivity index (χ0n) is 9.11. The zero-order valence-corrected chi connectivity index (χ0v) is 10.7. The molecule has 1 aromatic heterocycles. The van der Waals surface area contributed by atoms with Gasteiger partial charge in [-0.1, -0.05) is 11.6 Å². The Morgan fingerprint density at radius 3 is 2.94 bits per heavy atom. The fourth-order valence-corrected chi connectivity index (χ4v) is 2.19. The van der Waals surface area contributed by atoms with Crippen molar-refractivity contribution in [3.8, 4) is 11.8 Å². The lowest BCUT2D eigenvalue weighted by atomic mass is 10.2. The second-order valence-corrected chi connectivity index (χ2v) is 4.77. The molecule has 0 spiro atoms. The van der Waals surface area contributed by atoms with Gasteiger partial charge in [-0.05, 0) is 19.1 Å². The van der Waals surface area contributed by atoms with Gasteiger partial charge in [0, 0.05) is 17.1 Å². The molecule has 0 unspecified atom stereocenters. The molecule has 0 saturated carbocycles. The van der Waals surface area contributed by atoms with Gasteiger partial charge in [-0.2, -0.15) is 5.26 Å². The van der Waals surface area contributed by atoms with Crippen molar-refractivity contribution in [2.45, 2.75) is 13.5 Å². The third-order valence-corrected chi connectivity index (χ3v) is 3.34. The molecule has 0 N–H and O–H groups in total. The van der Waals surface area contributed by atoms with Gasteiger partial charge in [-0.3, -0.25) is 0 Å². The summed E-state index contributed by atoms with van der Waals surface area (Å²) < 4.78 is 5.54. The van der Waals surface area contributed by atoms with Crippen LogP contribution < -0.4 is 4.74 Å². The van der Waals surface area contributed by atoms with E-state index in [4.69, 9.17) is 21.6 Å². The lowest BCUT2D eigenvalue weighted by molar-refractivity contribution is 0.305. The standard InChI is InChI=1S/C12H9ClN2OS/c1-8-7-17-12(15-8)6-16-10-3-2-9(5-14)11(13)4-10/h2-4,7H,6H2,1H3. The summed E-state index contributed by atoms with van der Waals surface area (Å²) in [4.78, 5) is 4.29. The number of halogens is 1. The molecule has 0 amide bonds. The third-order valence-electron chi connectivity index (χ3n) is 2.09. The lowest BCUT2D eigenvalue weighted by Gasteiger charge is -2.04. The van der Waals surface area contributed by atoms with Gasteiger partial charge in [0.1, 0.15) is 23.4 Å². The molecule has 1 heterocycles. The Balaban J connectivity index is 2.05. The Bertz CT molecular complexity index is 574. The van der Waals surface area contributed by atoms with Crippen molar-refractivity contribution in [2.75, 3.05) is 0 Å². The van der Waals surface area contributed by atoms with E-state index >= 15 is 0 Å². The van der Waals surface area contributed by atoms with Crippen LogP contribution in [0, 0.1) is 18.3 Å². The van der Waals surface area contributed by atoms with Gasteiger partial charge in [-0.25, -0.2) is 4.98 Å². The minimum atomic E-state index is 0.403. The van der Waals surface area contributed by atoms with E-state index in [9.17, 15) is 0 Å². The highest BCUT2D eigenvalue weighted by atomic mass is 35.5. The Morgan fingerprint density at radius 2 is 2.35 bits per heavy atom. The Morgan fingerprint density at radius 1 is 1.53 bits per heavy atom. The summed E-state index contributed by atoms with van der Waals surface area (Å²) in [5.41, 5.74) is 1.44. The molecule has 0 bridgehead atoms. The van der Waals surface area contributed by atoms with Gasteiger partial charge < -0.3 is 4.74 Å². The van der Waals surface area contributed by atoms with Crippen molar-refractivity contribution in [3.63, 3.8) is 0 Å². The summed E-state index contributed by atoms with van der Waals surface area (Å²) in [5.74, 6) is 0.641. The summed E-state index contributed by atoms with van der Waals surface area (Å²) in [6.45, 7) is 2.36. The Kier molecular flexibility index (Phi) is 3.62. The highest BCUT2D eigenvalue weighted by molar-refractivity contribution is 7.09. The summed E-state index contributed by atoms with van der Waals surface area (Å²) in [6, 6.07) is 7.01. The number of nitriles is 1. The summed E-state index contributed by atoms with van der Waals surface area (Å²) in [5, 5.41) is 12.0. The van der Waals surface area contributed by atoms with E-state index in [1.54, 1.807) is 29.5 Å². The maximum Gasteiger partial charge on any atom is 0.140 e. The average molecular weight is 265 g/mol. The molecule has 0 saturated heterocycles. The molecule has 0 atom stereocenters. The third kappa shape index (κ3) is 2.96. The van der Waals surface area contributed by atoms with Gasteiger partial charge >= 0.3 is 0 Å². The highest BCUT2D eigenvalue weighted by Gasteiger charge is 2.03. The highest BCUT2D eigenvalue weighted by Crippen LogP contribution is 2.23. The van der Waals surface area contributed by atoms with Crippen molar-refractivity contribution < 1.29 is 4.74 Å². The van der Waals surface area contributed by atoms with Gasteiger partial charge in [0.2, 0.25) is 0 Å². The van der Waals surface area contributed by atoms with E-state index in [0.717, 1.165) is 10.7 Å². The van der Waals surface area contributed by atoms with Crippen LogP contribution in [0.1, 0.15) is 16.3 Å². The number of benzene rings is 1. The first-order valence-electron chi connectivity index (χ1n) is 4.92. The summed E-state index contributed by atoms with van der Waals surface area (Å²) >= 11 is 7.46. The molecule has 0 aliphatic rings. The SMILES string of the molecule is Cc1csc(COc2ccc(C#N)c(Cl)c2)n1. The molecule has 0 radical (unpaired) electrons. The van der Waals surface area contributed by atoms with Crippen LogP contribution in [0.15, 0.2) is 23.6 Å². The average Bonchev–Trinajstić information content (AvgIpc) is 2.73. The molecule has 3 nitrogen and oxygen atoms in total. The fourth-order valence-electron chi connectivity index (χ4n) is 1.29. The van der Waals surface area contributed by atoms with Crippen LogP contribution in [0.3, 0.4) is 0 Å². The first-order chi connectivity index (χ1) is 8.19. The number of thiazole rings is 1. The van der Waals surface area contributed by atoms with Crippen molar-refractivity contribution >= 4 is 22.9 Å². The van der Waals surface area contributed by atoms with E-state index in [1.165, 1.54) is 0 Å².